The summed E-state index contributed by atoms with van der Waals surface area (Å²) in [5.41, 5.74) is 10.7. The number of furan rings is 1. The van der Waals surface area contributed by atoms with Gasteiger partial charge in [0.25, 0.3) is 0 Å². The molecule has 0 amide bonds. The normalized spacial score (nSPS) is 12.2. The number of pyridine rings is 3. The minimum absolute atomic E-state index is 0.271. The molecular weight excluding hydrogens is 599 g/mol. The van der Waals surface area contributed by atoms with Crippen LogP contribution in [0.25, 0.3) is 99.0 Å². The predicted octanol–water partition coefficient (Wildman–Crippen LogP) is 11.9. The Morgan fingerprint density at radius 3 is 2.12 bits per heavy atom. The molecule has 0 saturated heterocycles. The summed E-state index contributed by atoms with van der Waals surface area (Å²) in [7, 11) is 0. The number of benzene rings is 6. The Morgan fingerprint density at radius 2 is 1.22 bits per heavy atom. The number of aromatic nitrogens is 3. The molecule has 0 saturated carbocycles. The van der Waals surface area contributed by atoms with Gasteiger partial charge < -0.3 is 4.42 Å². The molecule has 0 radical (unpaired) electrons. The van der Waals surface area contributed by atoms with Crippen LogP contribution in [0, 0.1) is 0 Å². The molecule has 228 valence electrons. The van der Waals surface area contributed by atoms with E-state index >= 15 is 0 Å². The fraction of sp³-hybridized carbons (Fsp3) is 0. The lowest BCUT2D eigenvalue weighted by Crippen LogP contribution is -1.89. The molecule has 0 N–H and O–H groups in total. The summed E-state index contributed by atoms with van der Waals surface area (Å²) in [5, 5.41) is 5.92. The maximum Gasteiger partial charge on any atom is 0.136 e. The fourth-order valence-electron chi connectivity index (χ4n) is 6.99. The Bertz CT molecular complexity index is 3010. The third kappa shape index (κ3) is 4.65. The maximum atomic E-state index is 9.14. The van der Waals surface area contributed by atoms with E-state index in [4.69, 9.17) is 12.1 Å². The first kappa shape index (κ1) is 25.4. The molecule has 0 bridgehead atoms. The van der Waals surface area contributed by atoms with Crippen molar-refractivity contribution in [2.75, 3.05) is 0 Å². The summed E-state index contributed by atoms with van der Waals surface area (Å²) in [6, 6.07) is 43.8. The molecule has 49 heavy (non-hydrogen) atoms. The minimum atomic E-state index is 0.271. The predicted molar refractivity (Wildman–Crippen MR) is 201 cm³/mol. The Morgan fingerprint density at radius 1 is 0.449 bits per heavy atom. The van der Waals surface area contributed by atoms with Crippen LogP contribution in [0.15, 0.2) is 169 Å². The van der Waals surface area contributed by atoms with Crippen molar-refractivity contribution in [1.82, 2.24) is 15.0 Å². The molecule has 0 fully saturated rings. The molecule has 4 heterocycles. The first-order valence-electron chi connectivity index (χ1n) is 17.2. The van der Waals surface area contributed by atoms with Gasteiger partial charge in [0, 0.05) is 57.3 Å². The Labute approximate surface area is 284 Å². The summed E-state index contributed by atoms with van der Waals surface area (Å²) in [5.74, 6) is 0. The van der Waals surface area contributed by atoms with E-state index in [1.807, 2.05) is 61.1 Å². The topological polar surface area (TPSA) is 51.8 Å². The van der Waals surface area contributed by atoms with E-state index in [-0.39, 0.29) is 6.04 Å². The highest BCUT2D eigenvalue weighted by Crippen LogP contribution is 2.40. The van der Waals surface area contributed by atoms with E-state index in [1.165, 1.54) is 0 Å². The number of hydrogen-bond acceptors (Lipinski definition) is 4. The molecule has 0 aliphatic rings. The molecule has 10 aromatic rings. The lowest BCUT2D eigenvalue weighted by molar-refractivity contribution is 0.669. The van der Waals surface area contributed by atoms with Crippen molar-refractivity contribution in [2.24, 2.45) is 0 Å². The summed E-state index contributed by atoms with van der Waals surface area (Å²) in [6.07, 6.45) is 7.44. The van der Waals surface area contributed by atoms with E-state index in [0.29, 0.717) is 17.2 Å². The number of hydrogen-bond donors (Lipinski definition) is 0. The molecule has 10 rings (SSSR count). The van der Waals surface area contributed by atoms with Crippen LogP contribution in [0.3, 0.4) is 0 Å². The van der Waals surface area contributed by atoms with Crippen molar-refractivity contribution in [3.63, 3.8) is 0 Å². The van der Waals surface area contributed by atoms with Gasteiger partial charge in [-0.15, -0.1) is 0 Å². The SMILES string of the molecule is [2H]c1cc(-c2cc(-c3ccc4ccncc4c3)cc(-c3cnc4c(ccc5cccnc54)c3)c2)cc2c1oc1c([2H])ccc(-c3ccccc3)c12. The van der Waals surface area contributed by atoms with E-state index in [2.05, 4.69) is 88.8 Å². The molecule has 0 aliphatic heterocycles. The molecular formula is C45H27N3O. The van der Waals surface area contributed by atoms with Crippen LogP contribution in [0.4, 0.5) is 0 Å². The third-order valence-corrected chi connectivity index (χ3v) is 9.42. The van der Waals surface area contributed by atoms with Crippen LogP contribution in [-0.4, -0.2) is 15.0 Å². The van der Waals surface area contributed by atoms with Crippen LogP contribution in [0.2, 0.25) is 0 Å². The van der Waals surface area contributed by atoms with Gasteiger partial charge in [-0.3, -0.25) is 15.0 Å². The summed E-state index contributed by atoms with van der Waals surface area (Å²) >= 11 is 0. The van der Waals surface area contributed by atoms with Gasteiger partial charge in [-0.25, -0.2) is 0 Å². The second-order valence-corrected chi connectivity index (χ2v) is 12.4. The largest absolute Gasteiger partial charge is 0.456 e. The smallest absolute Gasteiger partial charge is 0.136 e. The third-order valence-electron chi connectivity index (χ3n) is 9.42. The molecule has 0 unspecified atom stereocenters. The molecule has 4 heteroatoms. The quantitative estimate of drug-likeness (QED) is 0.182. The summed E-state index contributed by atoms with van der Waals surface area (Å²) in [6.45, 7) is 0. The zero-order valence-corrected chi connectivity index (χ0v) is 26.2. The zero-order valence-electron chi connectivity index (χ0n) is 28.2. The molecule has 6 aromatic carbocycles. The summed E-state index contributed by atoms with van der Waals surface area (Å²) < 4.78 is 24.1. The lowest BCUT2D eigenvalue weighted by Gasteiger charge is -2.13. The van der Waals surface area contributed by atoms with Gasteiger partial charge in [-0.2, -0.15) is 0 Å². The average Bonchev–Trinajstić information content (AvgIpc) is 3.59. The number of fused-ring (bicyclic) bond motifs is 7. The van der Waals surface area contributed by atoms with E-state index in [9.17, 15) is 0 Å². The van der Waals surface area contributed by atoms with Gasteiger partial charge in [-0.05, 0) is 105 Å². The second kappa shape index (κ2) is 11.0. The lowest BCUT2D eigenvalue weighted by atomic mass is 9.92. The average molecular weight is 628 g/mol. The monoisotopic (exact) mass is 627 g/mol. The number of nitrogens with zero attached hydrogens (tertiary/aromatic N) is 3. The Balaban J connectivity index is 1.21. The Kier molecular flexibility index (Phi) is 5.69. The van der Waals surface area contributed by atoms with Crippen molar-refractivity contribution >= 4 is 54.5 Å². The van der Waals surface area contributed by atoms with Gasteiger partial charge in [-0.1, -0.05) is 78.9 Å². The second-order valence-electron chi connectivity index (χ2n) is 12.4. The Hall–Kier alpha value is -6.65. The molecule has 4 aromatic heterocycles. The summed E-state index contributed by atoms with van der Waals surface area (Å²) in [4.78, 5) is 13.9. The first-order chi connectivity index (χ1) is 25.1. The number of rotatable bonds is 4. The van der Waals surface area contributed by atoms with Gasteiger partial charge in [0.15, 0.2) is 0 Å². The highest BCUT2D eigenvalue weighted by Gasteiger charge is 2.15. The van der Waals surface area contributed by atoms with E-state index in [1.54, 1.807) is 12.3 Å². The van der Waals surface area contributed by atoms with Crippen LogP contribution in [0.5, 0.6) is 0 Å². The first-order valence-corrected chi connectivity index (χ1v) is 16.2. The van der Waals surface area contributed by atoms with Gasteiger partial charge in [0.1, 0.15) is 11.2 Å². The van der Waals surface area contributed by atoms with Gasteiger partial charge in [0.2, 0.25) is 0 Å². The van der Waals surface area contributed by atoms with Crippen molar-refractivity contribution in [3.8, 4) is 44.5 Å². The molecule has 0 aliphatic carbocycles. The molecule has 0 spiro atoms. The van der Waals surface area contributed by atoms with Crippen molar-refractivity contribution in [2.45, 2.75) is 0 Å². The minimum Gasteiger partial charge on any atom is -0.456 e. The van der Waals surface area contributed by atoms with Crippen LogP contribution >= 0.6 is 0 Å². The van der Waals surface area contributed by atoms with Gasteiger partial charge >= 0.3 is 0 Å². The highest BCUT2D eigenvalue weighted by atomic mass is 16.3. The highest BCUT2D eigenvalue weighted by molar-refractivity contribution is 6.13. The van der Waals surface area contributed by atoms with Crippen molar-refractivity contribution in [1.29, 1.82) is 0 Å². The zero-order chi connectivity index (χ0) is 34.1. The van der Waals surface area contributed by atoms with Crippen molar-refractivity contribution in [3.05, 3.63) is 164 Å². The fourth-order valence-corrected chi connectivity index (χ4v) is 6.99. The van der Waals surface area contributed by atoms with Crippen LogP contribution < -0.4 is 0 Å². The van der Waals surface area contributed by atoms with E-state index < -0.39 is 0 Å². The molecule has 0 atom stereocenters. The van der Waals surface area contributed by atoms with Crippen LogP contribution in [0.1, 0.15) is 2.74 Å². The maximum absolute atomic E-state index is 9.14. The van der Waals surface area contributed by atoms with E-state index in [0.717, 1.165) is 87.9 Å². The molecule has 4 nitrogen and oxygen atoms in total. The van der Waals surface area contributed by atoms with Gasteiger partial charge in [0.05, 0.1) is 13.8 Å². The van der Waals surface area contributed by atoms with Crippen LogP contribution in [-0.2, 0) is 0 Å². The van der Waals surface area contributed by atoms with Crippen molar-refractivity contribution < 1.29 is 7.16 Å². The standard InChI is InChI=1S/C45H27N3O/c1-2-6-29(7-3-1)39-9-4-10-42-43(39)40-25-32(15-16-41(40)49-42)35-22-34(31-13-11-28-17-19-46-26-37(28)20-31)23-36(24-35)38-21-33-14-12-30-8-5-18-47-44(30)45(33)48-27-38/h1-27H/i10D,16D.